The lowest BCUT2D eigenvalue weighted by Gasteiger charge is -2.06. The predicted molar refractivity (Wildman–Crippen MR) is 65.9 cm³/mol. The number of rotatable bonds is 3. The predicted octanol–water partition coefficient (Wildman–Crippen LogP) is 1.03. The number of amides is 1. The highest BCUT2D eigenvalue weighted by Crippen LogP contribution is 2.12. The minimum atomic E-state index is -0.168. The van der Waals surface area contributed by atoms with Gasteiger partial charge in [-0.25, -0.2) is 0 Å². The Labute approximate surface area is 104 Å². The SMILES string of the molecule is Cn1cnnc1CNC(=O)c1ccccc1S. The van der Waals surface area contributed by atoms with Crippen LogP contribution in [0.5, 0.6) is 0 Å². The largest absolute Gasteiger partial charge is 0.345 e. The highest BCUT2D eigenvalue weighted by atomic mass is 32.1. The number of aromatic nitrogens is 3. The number of carbonyl (C=O) groups is 1. The molecule has 0 spiro atoms. The molecule has 0 aliphatic carbocycles. The molecule has 6 heteroatoms. The summed E-state index contributed by atoms with van der Waals surface area (Å²) < 4.78 is 1.76. The standard InChI is InChI=1S/C11H12N4OS/c1-15-7-13-14-10(15)6-12-11(16)8-4-2-3-5-9(8)17/h2-5,7,17H,6H2,1H3,(H,12,16). The molecule has 17 heavy (non-hydrogen) atoms. The first-order chi connectivity index (χ1) is 8.18. The smallest absolute Gasteiger partial charge is 0.252 e. The Morgan fingerprint density at radius 1 is 1.47 bits per heavy atom. The van der Waals surface area contributed by atoms with Gasteiger partial charge in [0.05, 0.1) is 12.1 Å². The molecule has 1 aromatic heterocycles. The quantitative estimate of drug-likeness (QED) is 0.798. The molecule has 0 unspecified atom stereocenters. The van der Waals surface area contributed by atoms with Gasteiger partial charge in [0.25, 0.3) is 5.91 Å². The zero-order valence-corrected chi connectivity index (χ0v) is 10.2. The average molecular weight is 248 g/mol. The van der Waals surface area contributed by atoms with Gasteiger partial charge >= 0.3 is 0 Å². The molecule has 2 aromatic rings. The van der Waals surface area contributed by atoms with Crippen LogP contribution in [0.1, 0.15) is 16.2 Å². The van der Waals surface area contributed by atoms with Crippen LogP contribution in [0.2, 0.25) is 0 Å². The van der Waals surface area contributed by atoms with Crippen LogP contribution < -0.4 is 5.32 Å². The topological polar surface area (TPSA) is 59.8 Å². The maximum atomic E-state index is 11.9. The van der Waals surface area contributed by atoms with Gasteiger partial charge in [0.15, 0.2) is 5.82 Å². The second kappa shape index (κ2) is 5.01. The van der Waals surface area contributed by atoms with Crippen LogP contribution >= 0.6 is 12.6 Å². The van der Waals surface area contributed by atoms with Crippen LogP contribution in [0, 0.1) is 0 Å². The van der Waals surface area contributed by atoms with E-state index in [-0.39, 0.29) is 5.91 Å². The van der Waals surface area contributed by atoms with Crippen molar-refractivity contribution in [2.24, 2.45) is 7.05 Å². The van der Waals surface area contributed by atoms with E-state index in [1.807, 2.05) is 13.1 Å². The van der Waals surface area contributed by atoms with Gasteiger partial charge in [0.2, 0.25) is 0 Å². The normalized spacial score (nSPS) is 10.2. The van der Waals surface area contributed by atoms with E-state index in [9.17, 15) is 4.79 Å². The van der Waals surface area contributed by atoms with Crippen molar-refractivity contribution in [1.29, 1.82) is 0 Å². The van der Waals surface area contributed by atoms with Crippen molar-refractivity contribution in [2.45, 2.75) is 11.4 Å². The van der Waals surface area contributed by atoms with Gasteiger partial charge in [-0.2, -0.15) is 0 Å². The third-order valence-corrected chi connectivity index (χ3v) is 2.75. The Morgan fingerprint density at radius 3 is 2.88 bits per heavy atom. The summed E-state index contributed by atoms with van der Waals surface area (Å²) in [6, 6.07) is 7.15. The average Bonchev–Trinajstić information content (AvgIpc) is 2.72. The maximum absolute atomic E-state index is 11.9. The lowest BCUT2D eigenvalue weighted by molar-refractivity contribution is 0.0946. The zero-order valence-electron chi connectivity index (χ0n) is 9.29. The number of nitrogens with zero attached hydrogens (tertiary/aromatic N) is 3. The van der Waals surface area contributed by atoms with Crippen molar-refractivity contribution >= 4 is 18.5 Å². The maximum Gasteiger partial charge on any atom is 0.252 e. The number of aryl methyl sites for hydroxylation is 1. The van der Waals surface area contributed by atoms with Gasteiger partial charge in [0, 0.05) is 11.9 Å². The summed E-state index contributed by atoms with van der Waals surface area (Å²) in [7, 11) is 1.83. The van der Waals surface area contributed by atoms with Gasteiger partial charge in [-0.1, -0.05) is 12.1 Å². The molecule has 0 saturated heterocycles. The third-order valence-electron chi connectivity index (χ3n) is 2.36. The van der Waals surface area contributed by atoms with E-state index >= 15 is 0 Å². The van der Waals surface area contributed by atoms with Gasteiger partial charge in [0.1, 0.15) is 6.33 Å². The van der Waals surface area contributed by atoms with Gasteiger partial charge < -0.3 is 9.88 Å². The number of nitrogens with one attached hydrogen (secondary N) is 1. The van der Waals surface area contributed by atoms with E-state index in [0.29, 0.717) is 22.8 Å². The van der Waals surface area contributed by atoms with E-state index in [4.69, 9.17) is 0 Å². The Kier molecular flexibility index (Phi) is 3.43. The lowest BCUT2D eigenvalue weighted by Crippen LogP contribution is -2.24. The molecule has 0 atom stereocenters. The minimum absolute atomic E-state index is 0.168. The number of carbonyl (C=O) groups excluding carboxylic acids is 1. The number of hydrogen-bond donors (Lipinski definition) is 2. The highest BCUT2D eigenvalue weighted by Gasteiger charge is 2.09. The van der Waals surface area contributed by atoms with Gasteiger partial charge in [-0.15, -0.1) is 22.8 Å². The van der Waals surface area contributed by atoms with Crippen LogP contribution in [-0.4, -0.2) is 20.7 Å². The Balaban J connectivity index is 2.04. The van der Waals surface area contributed by atoms with Crippen LogP contribution in [0.3, 0.4) is 0 Å². The highest BCUT2D eigenvalue weighted by molar-refractivity contribution is 7.80. The second-order valence-corrected chi connectivity index (χ2v) is 4.04. The summed E-state index contributed by atoms with van der Waals surface area (Å²) in [5, 5.41) is 10.4. The molecule has 88 valence electrons. The molecular formula is C11H12N4OS. The Hall–Kier alpha value is -1.82. The van der Waals surface area contributed by atoms with E-state index in [0.717, 1.165) is 0 Å². The monoisotopic (exact) mass is 248 g/mol. The molecule has 0 aliphatic rings. The van der Waals surface area contributed by atoms with Crippen molar-refractivity contribution in [3.63, 3.8) is 0 Å². The molecule has 0 fully saturated rings. The molecule has 2 rings (SSSR count). The zero-order chi connectivity index (χ0) is 12.3. The van der Waals surface area contributed by atoms with Gasteiger partial charge in [-0.3, -0.25) is 4.79 Å². The fraction of sp³-hybridized carbons (Fsp3) is 0.182. The molecule has 0 saturated carbocycles. The van der Waals surface area contributed by atoms with Crippen LogP contribution in [-0.2, 0) is 13.6 Å². The lowest BCUT2D eigenvalue weighted by atomic mass is 10.2. The summed E-state index contributed by atoms with van der Waals surface area (Å²) >= 11 is 4.23. The first-order valence-electron chi connectivity index (χ1n) is 5.07. The van der Waals surface area contributed by atoms with Crippen LogP contribution in [0.25, 0.3) is 0 Å². The van der Waals surface area contributed by atoms with Crippen molar-refractivity contribution in [1.82, 2.24) is 20.1 Å². The molecule has 0 aliphatic heterocycles. The van der Waals surface area contributed by atoms with Crippen LogP contribution in [0.15, 0.2) is 35.5 Å². The van der Waals surface area contributed by atoms with E-state index in [1.54, 1.807) is 29.1 Å². The van der Waals surface area contributed by atoms with Crippen molar-refractivity contribution in [2.75, 3.05) is 0 Å². The fourth-order valence-corrected chi connectivity index (χ4v) is 1.65. The summed E-state index contributed by atoms with van der Waals surface area (Å²) in [6.45, 7) is 0.345. The van der Waals surface area contributed by atoms with E-state index in [1.165, 1.54) is 0 Å². The molecule has 1 aromatic carbocycles. The second-order valence-electron chi connectivity index (χ2n) is 3.56. The molecule has 0 radical (unpaired) electrons. The summed E-state index contributed by atoms with van der Waals surface area (Å²) in [5.74, 6) is 0.536. The van der Waals surface area contributed by atoms with E-state index < -0.39 is 0 Å². The number of thiol groups is 1. The molecule has 1 amide bonds. The number of hydrogen-bond acceptors (Lipinski definition) is 4. The summed E-state index contributed by atoms with van der Waals surface area (Å²) in [6.07, 6.45) is 1.59. The Morgan fingerprint density at radius 2 is 2.24 bits per heavy atom. The fourth-order valence-electron chi connectivity index (χ4n) is 1.39. The van der Waals surface area contributed by atoms with E-state index in [2.05, 4.69) is 28.1 Å². The van der Waals surface area contributed by atoms with Gasteiger partial charge in [-0.05, 0) is 12.1 Å². The number of benzene rings is 1. The minimum Gasteiger partial charge on any atom is -0.345 e. The van der Waals surface area contributed by atoms with Crippen molar-refractivity contribution in [3.05, 3.63) is 42.0 Å². The molecular weight excluding hydrogens is 236 g/mol. The third kappa shape index (κ3) is 2.65. The molecule has 0 bridgehead atoms. The molecule has 1 heterocycles. The van der Waals surface area contributed by atoms with Crippen molar-refractivity contribution < 1.29 is 4.79 Å². The summed E-state index contributed by atoms with van der Waals surface area (Å²) in [4.78, 5) is 12.5. The van der Waals surface area contributed by atoms with Crippen LogP contribution in [0.4, 0.5) is 0 Å². The first-order valence-corrected chi connectivity index (χ1v) is 5.52. The first kappa shape index (κ1) is 11.7. The van der Waals surface area contributed by atoms with Crippen molar-refractivity contribution in [3.8, 4) is 0 Å². The molecule has 1 N–H and O–H groups in total. The Bertz CT molecular complexity index is 538. The molecule has 5 nitrogen and oxygen atoms in total. The summed E-state index contributed by atoms with van der Waals surface area (Å²) in [5.41, 5.74) is 0.554.